The molecule has 110 valence electrons. The van der Waals surface area contributed by atoms with Crippen LogP contribution in [-0.2, 0) is 11.8 Å². The summed E-state index contributed by atoms with van der Waals surface area (Å²) in [5, 5.41) is 10.2. The van der Waals surface area contributed by atoms with Crippen molar-refractivity contribution in [3.8, 4) is 0 Å². The summed E-state index contributed by atoms with van der Waals surface area (Å²) < 4.78 is 1.88. The lowest BCUT2D eigenvalue weighted by Gasteiger charge is -2.30. The maximum atomic E-state index is 12.7. The number of para-hydroxylation sites is 1. The van der Waals surface area contributed by atoms with Crippen molar-refractivity contribution in [1.29, 1.82) is 0 Å². The highest BCUT2D eigenvalue weighted by atomic mass is 16.4. The number of amides is 1. The standard InChI is InChI=1S/C16H18N2O3/c1-17-13-7-3-2-5-11(13)9-14(17)15(19)18-8-4-6-12(10-18)16(20)21/h2-3,5,7,9,12H,4,6,8,10H2,1H3,(H,20,21)/t12-/m0/s1. The number of fused-ring (bicyclic) bond motifs is 1. The van der Waals surface area contributed by atoms with Crippen LogP contribution in [-0.4, -0.2) is 39.5 Å². The average Bonchev–Trinajstić information content (AvgIpc) is 2.84. The van der Waals surface area contributed by atoms with E-state index in [4.69, 9.17) is 5.11 Å². The molecule has 0 saturated carbocycles. The second-order valence-corrected chi connectivity index (χ2v) is 5.58. The maximum Gasteiger partial charge on any atom is 0.308 e. The number of carboxylic acids is 1. The monoisotopic (exact) mass is 286 g/mol. The molecule has 1 atom stereocenters. The van der Waals surface area contributed by atoms with Crippen LogP contribution in [0.25, 0.3) is 10.9 Å². The first-order valence-electron chi connectivity index (χ1n) is 7.14. The number of hydrogen-bond donors (Lipinski definition) is 1. The Kier molecular flexibility index (Phi) is 3.41. The Morgan fingerprint density at radius 3 is 2.76 bits per heavy atom. The molecule has 1 aromatic carbocycles. The molecule has 5 nitrogen and oxygen atoms in total. The van der Waals surface area contributed by atoms with Crippen LogP contribution in [0.15, 0.2) is 30.3 Å². The molecule has 2 aromatic rings. The summed E-state index contributed by atoms with van der Waals surface area (Å²) in [6.45, 7) is 0.930. The number of aromatic nitrogens is 1. The Balaban J connectivity index is 1.90. The number of benzene rings is 1. The Bertz CT molecular complexity index is 705. The molecule has 1 aliphatic heterocycles. The highest BCUT2D eigenvalue weighted by molar-refractivity contribution is 5.99. The van der Waals surface area contributed by atoms with E-state index in [0.29, 0.717) is 25.2 Å². The van der Waals surface area contributed by atoms with Crippen LogP contribution in [0.1, 0.15) is 23.3 Å². The van der Waals surface area contributed by atoms with Gasteiger partial charge in [0, 0.05) is 31.0 Å². The van der Waals surface area contributed by atoms with Gasteiger partial charge in [0.1, 0.15) is 5.69 Å². The van der Waals surface area contributed by atoms with Crippen LogP contribution in [0, 0.1) is 5.92 Å². The molecule has 2 heterocycles. The molecule has 21 heavy (non-hydrogen) atoms. The number of carbonyl (C=O) groups is 2. The van der Waals surface area contributed by atoms with Crippen LogP contribution in [0.5, 0.6) is 0 Å². The van der Waals surface area contributed by atoms with Crippen molar-refractivity contribution >= 4 is 22.8 Å². The SMILES string of the molecule is Cn1c(C(=O)N2CCC[C@H](C(=O)O)C2)cc2ccccc21. The van der Waals surface area contributed by atoms with Gasteiger partial charge >= 0.3 is 5.97 Å². The normalized spacial score (nSPS) is 18.9. The van der Waals surface area contributed by atoms with Crippen LogP contribution < -0.4 is 0 Å². The van der Waals surface area contributed by atoms with Gasteiger partial charge < -0.3 is 14.6 Å². The van der Waals surface area contributed by atoms with Crippen LogP contribution in [0.2, 0.25) is 0 Å². The highest BCUT2D eigenvalue weighted by Crippen LogP contribution is 2.23. The van der Waals surface area contributed by atoms with Crippen molar-refractivity contribution in [2.24, 2.45) is 13.0 Å². The Morgan fingerprint density at radius 1 is 1.29 bits per heavy atom. The van der Waals surface area contributed by atoms with Gasteiger partial charge in [0.2, 0.25) is 0 Å². The molecule has 0 spiro atoms. The van der Waals surface area contributed by atoms with E-state index in [1.165, 1.54) is 0 Å². The van der Waals surface area contributed by atoms with E-state index in [2.05, 4.69) is 0 Å². The number of piperidine rings is 1. The van der Waals surface area contributed by atoms with Crippen molar-refractivity contribution < 1.29 is 14.7 Å². The molecule has 0 radical (unpaired) electrons. The number of carbonyl (C=O) groups excluding carboxylic acids is 1. The Labute approximate surface area is 122 Å². The van der Waals surface area contributed by atoms with Crippen molar-refractivity contribution in [2.45, 2.75) is 12.8 Å². The zero-order valence-electron chi connectivity index (χ0n) is 12.0. The summed E-state index contributed by atoms with van der Waals surface area (Å²) in [6.07, 6.45) is 1.39. The average molecular weight is 286 g/mol. The first kappa shape index (κ1) is 13.7. The summed E-state index contributed by atoms with van der Waals surface area (Å²) in [5.74, 6) is -1.35. The van der Waals surface area contributed by atoms with E-state index < -0.39 is 11.9 Å². The van der Waals surface area contributed by atoms with Gasteiger partial charge in [-0.05, 0) is 25.0 Å². The minimum absolute atomic E-state index is 0.0837. The molecule has 1 saturated heterocycles. The summed E-state index contributed by atoms with van der Waals surface area (Å²) >= 11 is 0. The maximum absolute atomic E-state index is 12.7. The van der Waals surface area contributed by atoms with Gasteiger partial charge in [0.15, 0.2) is 0 Å². The van der Waals surface area contributed by atoms with Crippen LogP contribution in [0.4, 0.5) is 0 Å². The summed E-state index contributed by atoms with van der Waals surface area (Å²) in [7, 11) is 1.87. The minimum atomic E-state index is -0.815. The largest absolute Gasteiger partial charge is 0.481 e. The lowest BCUT2D eigenvalue weighted by molar-refractivity contribution is -0.143. The third kappa shape index (κ3) is 2.39. The summed E-state index contributed by atoms with van der Waals surface area (Å²) in [6, 6.07) is 9.71. The molecule has 0 bridgehead atoms. The van der Waals surface area contributed by atoms with E-state index in [9.17, 15) is 9.59 Å². The van der Waals surface area contributed by atoms with E-state index in [1.807, 2.05) is 41.9 Å². The third-order valence-electron chi connectivity index (χ3n) is 4.23. The fourth-order valence-corrected chi connectivity index (χ4v) is 3.02. The van der Waals surface area contributed by atoms with Crippen LogP contribution in [0.3, 0.4) is 0 Å². The molecule has 1 amide bonds. The molecule has 1 N–H and O–H groups in total. The van der Waals surface area contributed by atoms with E-state index in [1.54, 1.807) is 4.90 Å². The fraction of sp³-hybridized carbons (Fsp3) is 0.375. The number of aliphatic carboxylic acids is 1. The minimum Gasteiger partial charge on any atom is -0.481 e. The van der Waals surface area contributed by atoms with Crippen molar-refractivity contribution in [3.63, 3.8) is 0 Å². The summed E-state index contributed by atoms with van der Waals surface area (Å²) in [5.41, 5.74) is 1.62. The second-order valence-electron chi connectivity index (χ2n) is 5.58. The van der Waals surface area contributed by atoms with Gasteiger partial charge in [-0.1, -0.05) is 18.2 Å². The predicted octanol–water partition coefficient (Wildman–Crippen LogP) is 2.12. The number of rotatable bonds is 2. The molecular formula is C16H18N2O3. The number of hydrogen-bond acceptors (Lipinski definition) is 2. The van der Waals surface area contributed by atoms with E-state index >= 15 is 0 Å². The zero-order valence-corrected chi connectivity index (χ0v) is 12.0. The quantitative estimate of drug-likeness (QED) is 0.919. The molecule has 1 fully saturated rings. The van der Waals surface area contributed by atoms with Gasteiger partial charge in [0.05, 0.1) is 5.92 Å². The predicted molar refractivity (Wildman–Crippen MR) is 79.2 cm³/mol. The molecule has 1 aromatic heterocycles. The Morgan fingerprint density at radius 2 is 2.05 bits per heavy atom. The van der Waals surface area contributed by atoms with Gasteiger partial charge in [-0.3, -0.25) is 9.59 Å². The summed E-state index contributed by atoms with van der Waals surface area (Å²) in [4.78, 5) is 25.5. The van der Waals surface area contributed by atoms with Crippen molar-refractivity contribution in [3.05, 3.63) is 36.0 Å². The fourth-order valence-electron chi connectivity index (χ4n) is 3.02. The zero-order chi connectivity index (χ0) is 15.0. The number of carboxylic acid groups (broad SMARTS) is 1. The van der Waals surface area contributed by atoms with E-state index in [0.717, 1.165) is 17.3 Å². The first-order chi connectivity index (χ1) is 10.1. The van der Waals surface area contributed by atoms with E-state index in [-0.39, 0.29) is 5.91 Å². The van der Waals surface area contributed by atoms with Gasteiger partial charge in [-0.25, -0.2) is 0 Å². The number of nitrogens with zero attached hydrogens (tertiary/aromatic N) is 2. The highest BCUT2D eigenvalue weighted by Gasteiger charge is 2.29. The lowest BCUT2D eigenvalue weighted by atomic mass is 9.98. The van der Waals surface area contributed by atoms with Gasteiger partial charge in [-0.2, -0.15) is 0 Å². The second kappa shape index (κ2) is 5.24. The lowest BCUT2D eigenvalue weighted by Crippen LogP contribution is -2.42. The van der Waals surface area contributed by atoms with Crippen molar-refractivity contribution in [1.82, 2.24) is 9.47 Å². The topological polar surface area (TPSA) is 62.5 Å². The molecule has 3 rings (SSSR count). The molecule has 5 heteroatoms. The molecule has 1 aliphatic rings. The Hall–Kier alpha value is -2.30. The first-order valence-corrected chi connectivity index (χ1v) is 7.14. The third-order valence-corrected chi connectivity index (χ3v) is 4.23. The molecular weight excluding hydrogens is 268 g/mol. The molecule has 0 unspecified atom stereocenters. The molecule has 0 aliphatic carbocycles. The van der Waals surface area contributed by atoms with Crippen molar-refractivity contribution in [2.75, 3.05) is 13.1 Å². The van der Waals surface area contributed by atoms with Crippen LogP contribution >= 0.6 is 0 Å². The van der Waals surface area contributed by atoms with Gasteiger partial charge in [-0.15, -0.1) is 0 Å². The number of likely N-dealkylation sites (tertiary alicyclic amines) is 1. The number of aryl methyl sites for hydroxylation is 1. The van der Waals surface area contributed by atoms with Gasteiger partial charge in [0.25, 0.3) is 5.91 Å². The smallest absolute Gasteiger partial charge is 0.308 e.